The van der Waals surface area contributed by atoms with Crippen LogP contribution in [-0.4, -0.2) is 29.7 Å². The fourth-order valence-corrected chi connectivity index (χ4v) is 2.30. The Bertz CT molecular complexity index is 564. The molecule has 1 saturated heterocycles. The van der Waals surface area contributed by atoms with Crippen molar-refractivity contribution in [3.05, 3.63) is 39.8 Å². The van der Waals surface area contributed by atoms with Crippen molar-refractivity contribution in [3.8, 4) is 0 Å². The van der Waals surface area contributed by atoms with Crippen LogP contribution in [0.4, 0.5) is 5.69 Å². The van der Waals surface area contributed by atoms with Gasteiger partial charge < -0.3 is 9.69 Å². The Kier molecular flexibility index (Phi) is 3.82. The van der Waals surface area contributed by atoms with Crippen LogP contribution in [0.1, 0.15) is 28.8 Å². The van der Waals surface area contributed by atoms with Gasteiger partial charge in [0.15, 0.2) is 0 Å². The smallest absolute Gasteiger partial charge is 0.254 e. The van der Waals surface area contributed by atoms with Gasteiger partial charge in [0.05, 0.1) is 11.7 Å². The summed E-state index contributed by atoms with van der Waals surface area (Å²) in [6, 6.07) is 4.72. The number of azide groups is 1. The van der Waals surface area contributed by atoms with Gasteiger partial charge in [-0.2, -0.15) is 0 Å². The van der Waals surface area contributed by atoms with E-state index in [4.69, 9.17) is 5.53 Å². The first-order chi connectivity index (χ1) is 9.17. The summed E-state index contributed by atoms with van der Waals surface area (Å²) in [6.45, 7) is 2.42. The molecule has 1 atom stereocenters. The third-order valence-electron chi connectivity index (χ3n) is 3.25. The van der Waals surface area contributed by atoms with E-state index >= 15 is 0 Å². The maximum atomic E-state index is 12.4. The van der Waals surface area contributed by atoms with Gasteiger partial charge in [-0.1, -0.05) is 22.8 Å². The topological polar surface area (TPSA) is 86.1 Å². The van der Waals surface area contributed by atoms with Crippen molar-refractivity contribution in [2.45, 2.75) is 25.8 Å². The number of hydrogen-bond donors (Lipinski definition) is 0. The van der Waals surface area contributed by atoms with E-state index in [-0.39, 0.29) is 11.9 Å². The molecule has 0 bridgehead atoms. The molecule has 19 heavy (non-hydrogen) atoms. The highest BCUT2D eigenvalue weighted by Crippen LogP contribution is 2.26. The summed E-state index contributed by atoms with van der Waals surface area (Å²) in [4.78, 5) is 27.7. The molecule has 1 amide bonds. The molecule has 1 aromatic carbocycles. The summed E-state index contributed by atoms with van der Waals surface area (Å²) in [5.74, 6) is -0.249. The third kappa shape index (κ3) is 2.58. The maximum absolute atomic E-state index is 12.4. The minimum Gasteiger partial charge on any atom is -0.329 e. The number of benzene rings is 1. The zero-order chi connectivity index (χ0) is 13.8. The summed E-state index contributed by atoms with van der Waals surface area (Å²) in [6.07, 6.45) is 2.31. The highest BCUT2D eigenvalue weighted by atomic mass is 16.2. The second kappa shape index (κ2) is 5.54. The quantitative estimate of drug-likeness (QED) is 0.361. The molecular weight excluding hydrogens is 244 g/mol. The summed E-state index contributed by atoms with van der Waals surface area (Å²) in [7, 11) is 0. The Labute approximate surface area is 110 Å². The van der Waals surface area contributed by atoms with E-state index in [1.54, 1.807) is 18.2 Å². The molecule has 1 aliphatic rings. The van der Waals surface area contributed by atoms with Crippen LogP contribution in [0.5, 0.6) is 0 Å². The van der Waals surface area contributed by atoms with Gasteiger partial charge in [-0.25, -0.2) is 0 Å². The van der Waals surface area contributed by atoms with Crippen LogP contribution in [0.15, 0.2) is 23.3 Å². The van der Waals surface area contributed by atoms with Crippen LogP contribution in [0.25, 0.3) is 10.4 Å². The predicted octanol–water partition coefficient (Wildman–Crippen LogP) is 2.74. The van der Waals surface area contributed by atoms with Crippen LogP contribution in [0, 0.1) is 6.92 Å². The Morgan fingerprint density at radius 1 is 1.58 bits per heavy atom. The fourth-order valence-electron chi connectivity index (χ4n) is 2.30. The molecule has 2 rings (SSSR count). The molecule has 0 radical (unpaired) electrons. The number of likely N-dealkylation sites (tertiary alicyclic amines) is 1. The molecule has 6 nitrogen and oxygen atoms in total. The number of aryl methyl sites for hydroxylation is 1. The van der Waals surface area contributed by atoms with Crippen molar-refractivity contribution in [3.63, 3.8) is 0 Å². The van der Waals surface area contributed by atoms with Crippen molar-refractivity contribution < 1.29 is 9.59 Å². The Balaban J connectivity index is 2.40. The summed E-state index contributed by atoms with van der Waals surface area (Å²) < 4.78 is 0. The molecule has 0 N–H and O–H groups in total. The molecule has 6 heteroatoms. The van der Waals surface area contributed by atoms with E-state index in [2.05, 4.69) is 10.0 Å². The summed E-state index contributed by atoms with van der Waals surface area (Å²) in [5, 5.41) is 3.54. The second-order valence-corrected chi connectivity index (χ2v) is 4.55. The number of hydrogen-bond acceptors (Lipinski definition) is 3. The van der Waals surface area contributed by atoms with Crippen molar-refractivity contribution >= 4 is 17.9 Å². The Morgan fingerprint density at radius 2 is 2.37 bits per heavy atom. The first-order valence-electron chi connectivity index (χ1n) is 6.09. The number of carbonyl (C=O) groups excluding carboxylic acids is 2. The molecule has 1 heterocycles. The molecule has 1 fully saturated rings. The van der Waals surface area contributed by atoms with Crippen molar-refractivity contribution in [2.75, 3.05) is 6.54 Å². The predicted molar refractivity (Wildman–Crippen MR) is 70.1 cm³/mol. The number of aldehydes is 1. The molecule has 0 saturated carbocycles. The largest absolute Gasteiger partial charge is 0.329 e. The third-order valence-corrected chi connectivity index (χ3v) is 3.25. The minimum absolute atomic E-state index is 0.249. The lowest BCUT2D eigenvalue weighted by molar-refractivity contribution is -0.111. The van der Waals surface area contributed by atoms with Crippen molar-refractivity contribution in [1.82, 2.24) is 4.90 Å². The zero-order valence-corrected chi connectivity index (χ0v) is 10.6. The summed E-state index contributed by atoms with van der Waals surface area (Å²) >= 11 is 0. The molecule has 0 aromatic heterocycles. The highest BCUT2D eigenvalue weighted by molar-refractivity contribution is 6.00. The fraction of sp³-hybridized carbons (Fsp3) is 0.385. The van der Waals surface area contributed by atoms with Gasteiger partial charge in [-0.15, -0.1) is 0 Å². The Hall–Kier alpha value is -2.33. The first-order valence-corrected chi connectivity index (χ1v) is 6.09. The van der Waals surface area contributed by atoms with Crippen molar-refractivity contribution in [1.29, 1.82) is 0 Å². The molecule has 1 aliphatic heterocycles. The SMILES string of the molecule is Cc1ccc(N=[N+]=[N-])c(C(=O)N2CCC[C@H]2C=O)c1. The van der Waals surface area contributed by atoms with Gasteiger partial charge in [0, 0.05) is 17.0 Å². The average Bonchev–Trinajstić information content (AvgIpc) is 2.88. The molecule has 0 spiro atoms. The van der Waals surface area contributed by atoms with Gasteiger partial charge in [-0.3, -0.25) is 4.79 Å². The zero-order valence-electron chi connectivity index (χ0n) is 10.6. The van der Waals surface area contributed by atoms with Gasteiger partial charge in [0.25, 0.3) is 5.91 Å². The van der Waals surface area contributed by atoms with Crippen LogP contribution in [0.3, 0.4) is 0 Å². The van der Waals surface area contributed by atoms with E-state index < -0.39 is 0 Å². The van der Waals surface area contributed by atoms with Gasteiger partial charge >= 0.3 is 0 Å². The van der Waals surface area contributed by atoms with E-state index in [1.165, 1.54) is 4.90 Å². The number of carbonyl (C=O) groups is 2. The van der Waals surface area contributed by atoms with E-state index in [9.17, 15) is 9.59 Å². The molecular formula is C13H14N4O2. The molecule has 0 unspecified atom stereocenters. The van der Waals surface area contributed by atoms with Crippen LogP contribution in [0.2, 0.25) is 0 Å². The van der Waals surface area contributed by atoms with Crippen LogP contribution >= 0.6 is 0 Å². The number of amides is 1. The molecule has 98 valence electrons. The van der Waals surface area contributed by atoms with Crippen LogP contribution < -0.4 is 0 Å². The standard InChI is InChI=1S/C13H14N4O2/c1-9-4-5-12(15-16-14)11(7-9)13(19)17-6-2-3-10(17)8-18/h4-5,7-8,10H,2-3,6H2,1H3/t10-/m0/s1. The van der Waals surface area contributed by atoms with Gasteiger partial charge in [0.2, 0.25) is 0 Å². The summed E-state index contributed by atoms with van der Waals surface area (Å²) in [5.41, 5.74) is 10.1. The lowest BCUT2D eigenvalue weighted by atomic mass is 10.1. The van der Waals surface area contributed by atoms with Gasteiger partial charge in [-0.05, 0) is 31.4 Å². The van der Waals surface area contributed by atoms with Crippen LogP contribution in [-0.2, 0) is 4.79 Å². The second-order valence-electron chi connectivity index (χ2n) is 4.55. The lowest BCUT2D eigenvalue weighted by Gasteiger charge is -2.21. The van der Waals surface area contributed by atoms with E-state index in [0.29, 0.717) is 24.2 Å². The normalized spacial score (nSPS) is 17.9. The highest BCUT2D eigenvalue weighted by Gasteiger charge is 2.29. The average molecular weight is 258 g/mol. The monoisotopic (exact) mass is 258 g/mol. The number of nitrogens with zero attached hydrogens (tertiary/aromatic N) is 4. The molecule has 1 aromatic rings. The lowest BCUT2D eigenvalue weighted by Crippen LogP contribution is -2.36. The minimum atomic E-state index is -0.369. The van der Waals surface area contributed by atoms with E-state index in [1.807, 2.05) is 6.92 Å². The molecule has 0 aliphatic carbocycles. The first kappa shape index (κ1) is 13.1. The maximum Gasteiger partial charge on any atom is 0.254 e. The number of rotatable bonds is 3. The Morgan fingerprint density at radius 3 is 3.05 bits per heavy atom. The van der Waals surface area contributed by atoms with E-state index in [0.717, 1.165) is 18.3 Å². The van der Waals surface area contributed by atoms with Gasteiger partial charge in [0.1, 0.15) is 6.29 Å². The van der Waals surface area contributed by atoms with Crippen molar-refractivity contribution in [2.24, 2.45) is 5.11 Å².